The SMILES string of the molecule is O=C(Nc1ccc(O[C@@H]2CCCC[C@H]2O)cc1)C1(C(F)F)CCCC1. The van der Waals surface area contributed by atoms with Crippen LogP contribution in [0.5, 0.6) is 5.75 Å². The lowest BCUT2D eigenvalue weighted by Crippen LogP contribution is -2.40. The lowest BCUT2D eigenvalue weighted by atomic mass is 9.85. The Labute approximate surface area is 146 Å². The minimum atomic E-state index is -2.65. The zero-order chi connectivity index (χ0) is 17.9. The third kappa shape index (κ3) is 3.94. The van der Waals surface area contributed by atoms with Crippen molar-refractivity contribution in [3.63, 3.8) is 0 Å². The van der Waals surface area contributed by atoms with Gasteiger partial charge in [-0.15, -0.1) is 0 Å². The van der Waals surface area contributed by atoms with E-state index in [4.69, 9.17) is 4.74 Å². The van der Waals surface area contributed by atoms with E-state index in [-0.39, 0.29) is 18.9 Å². The Hall–Kier alpha value is -1.69. The Morgan fingerprint density at radius 2 is 1.76 bits per heavy atom. The lowest BCUT2D eigenvalue weighted by Gasteiger charge is -2.28. The van der Waals surface area contributed by atoms with Gasteiger partial charge in [0.15, 0.2) is 0 Å². The van der Waals surface area contributed by atoms with Crippen molar-refractivity contribution in [2.75, 3.05) is 5.32 Å². The third-order valence-corrected chi connectivity index (χ3v) is 5.43. The van der Waals surface area contributed by atoms with E-state index in [2.05, 4.69) is 5.32 Å². The van der Waals surface area contributed by atoms with Gasteiger partial charge in [-0.25, -0.2) is 8.78 Å². The fourth-order valence-corrected chi connectivity index (χ4v) is 3.81. The number of aliphatic hydroxyl groups excluding tert-OH is 1. The number of anilines is 1. The molecule has 6 heteroatoms. The molecule has 0 aromatic heterocycles. The molecule has 0 saturated heterocycles. The standard InChI is InChI=1S/C19H25F2NO3/c20-17(21)19(11-3-4-12-19)18(24)22-13-7-9-14(10-8-13)25-16-6-2-1-5-15(16)23/h7-10,15-17,23H,1-6,11-12H2,(H,22,24)/t15-,16-/m1/s1. The molecule has 1 aromatic rings. The normalized spacial score (nSPS) is 25.8. The molecular formula is C19H25F2NO3. The number of hydrogen-bond acceptors (Lipinski definition) is 3. The maximum atomic E-state index is 13.4. The summed E-state index contributed by atoms with van der Waals surface area (Å²) < 4.78 is 32.6. The number of hydrogen-bond donors (Lipinski definition) is 2. The van der Waals surface area contributed by atoms with Gasteiger partial charge in [-0.2, -0.15) is 0 Å². The molecule has 25 heavy (non-hydrogen) atoms. The molecule has 0 heterocycles. The molecule has 2 aliphatic carbocycles. The zero-order valence-corrected chi connectivity index (χ0v) is 14.2. The number of carbonyl (C=O) groups excluding carboxylic acids is 1. The summed E-state index contributed by atoms with van der Waals surface area (Å²) in [7, 11) is 0. The van der Waals surface area contributed by atoms with E-state index < -0.39 is 23.9 Å². The fraction of sp³-hybridized carbons (Fsp3) is 0.632. The molecule has 0 spiro atoms. The van der Waals surface area contributed by atoms with Gasteiger partial charge in [0.05, 0.1) is 6.10 Å². The molecular weight excluding hydrogens is 328 g/mol. The molecule has 0 bridgehead atoms. The minimum Gasteiger partial charge on any atom is -0.488 e. The highest BCUT2D eigenvalue weighted by molar-refractivity contribution is 5.95. The number of ether oxygens (including phenoxy) is 1. The molecule has 0 aliphatic heterocycles. The van der Waals surface area contributed by atoms with E-state index in [0.29, 0.717) is 24.3 Å². The number of amides is 1. The van der Waals surface area contributed by atoms with Crippen molar-refractivity contribution in [1.29, 1.82) is 0 Å². The predicted molar refractivity (Wildman–Crippen MR) is 90.9 cm³/mol. The number of halogens is 2. The highest BCUT2D eigenvalue weighted by Gasteiger charge is 2.49. The summed E-state index contributed by atoms with van der Waals surface area (Å²) >= 11 is 0. The maximum Gasteiger partial charge on any atom is 0.252 e. The molecule has 3 rings (SSSR count). The Balaban J connectivity index is 1.61. The molecule has 0 radical (unpaired) electrons. The van der Waals surface area contributed by atoms with Gasteiger partial charge in [0, 0.05) is 5.69 Å². The summed E-state index contributed by atoms with van der Waals surface area (Å²) in [6, 6.07) is 6.69. The van der Waals surface area contributed by atoms with Crippen LogP contribution in [0.4, 0.5) is 14.5 Å². The van der Waals surface area contributed by atoms with Crippen LogP contribution in [0.1, 0.15) is 51.4 Å². The number of aliphatic hydroxyl groups is 1. The van der Waals surface area contributed by atoms with E-state index in [1.807, 2.05) is 0 Å². The van der Waals surface area contributed by atoms with Gasteiger partial charge < -0.3 is 15.2 Å². The first-order valence-corrected chi connectivity index (χ1v) is 9.06. The fourth-order valence-electron chi connectivity index (χ4n) is 3.81. The van der Waals surface area contributed by atoms with Crippen LogP contribution < -0.4 is 10.1 Å². The average molecular weight is 353 g/mol. The zero-order valence-electron chi connectivity index (χ0n) is 14.2. The van der Waals surface area contributed by atoms with Crippen LogP contribution in [0.25, 0.3) is 0 Å². The van der Waals surface area contributed by atoms with Gasteiger partial charge in [0.2, 0.25) is 5.91 Å². The molecule has 4 nitrogen and oxygen atoms in total. The largest absolute Gasteiger partial charge is 0.488 e. The molecule has 2 N–H and O–H groups in total. The Bertz CT molecular complexity index is 585. The van der Waals surface area contributed by atoms with Crippen molar-refractivity contribution >= 4 is 11.6 Å². The summed E-state index contributed by atoms with van der Waals surface area (Å²) in [5.74, 6) is 0.00441. The quantitative estimate of drug-likeness (QED) is 0.837. The average Bonchev–Trinajstić information content (AvgIpc) is 3.10. The van der Waals surface area contributed by atoms with E-state index in [1.54, 1.807) is 24.3 Å². The predicted octanol–water partition coefficient (Wildman–Crippen LogP) is 4.13. The molecule has 2 aliphatic rings. The highest BCUT2D eigenvalue weighted by Crippen LogP contribution is 2.44. The molecule has 0 unspecified atom stereocenters. The van der Waals surface area contributed by atoms with E-state index in [1.165, 1.54) is 0 Å². The van der Waals surface area contributed by atoms with Gasteiger partial charge in [-0.05, 0) is 56.4 Å². The monoisotopic (exact) mass is 353 g/mol. The van der Waals surface area contributed by atoms with Gasteiger partial charge in [-0.3, -0.25) is 4.79 Å². The van der Waals surface area contributed by atoms with Crippen molar-refractivity contribution in [3.8, 4) is 5.75 Å². The first-order valence-electron chi connectivity index (χ1n) is 9.06. The first-order chi connectivity index (χ1) is 12.0. The number of rotatable bonds is 5. The van der Waals surface area contributed by atoms with Crippen molar-refractivity contribution in [3.05, 3.63) is 24.3 Å². The third-order valence-electron chi connectivity index (χ3n) is 5.43. The van der Waals surface area contributed by atoms with Crippen LogP contribution in [0.15, 0.2) is 24.3 Å². The molecule has 2 atom stereocenters. The Morgan fingerprint density at radius 1 is 1.12 bits per heavy atom. The van der Waals surface area contributed by atoms with Crippen LogP contribution in [0, 0.1) is 5.41 Å². The van der Waals surface area contributed by atoms with Crippen molar-refractivity contribution < 1.29 is 23.4 Å². The van der Waals surface area contributed by atoms with E-state index in [0.717, 1.165) is 25.7 Å². The van der Waals surface area contributed by atoms with Crippen molar-refractivity contribution in [2.24, 2.45) is 5.41 Å². The van der Waals surface area contributed by atoms with Gasteiger partial charge in [-0.1, -0.05) is 19.3 Å². The summed E-state index contributed by atoms with van der Waals surface area (Å²) in [5, 5.41) is 12.6. The number of carbonyl (C=O) groups is 1. The highest BCUT2D eigenvalue weighted by atomic mass is 19.3. The second-order valence-corrected chi connectivity index (χ2v) is 7.15. The molecule has 138 valence electrons. The summed E-state index contributed by atoms with van der Waals surface area (Å²) in [5.41, 5.74) is -1.07. The van der Waals surface area contributed by atoms with Crippen LogP contribution in [-0.4, -0.2) is 29.6 Å². The van der Waals surface area contributed by atoms with Crippen LogP contribution in [0.3, 0.4) is 0 Å². The Kier molecular flexibility index (Phi) is 5.57. The Morgan fingerprint density at radius 3 is 2.36 bits per heavy atom. The van der Waals surface area contributed by atoms with Crippen LogP contribution in [-0.2, 0) is 4.79 Å². The number of benzene rings is 1. The van der Waals surface area contributed by atoms with E-state index in [9.17, 15) is 18.7 Å². The minimum absolute atomic E-state index is 0.213. The van der Waals surface area contributed by atoms with E-state index >= 15 is 0 Å². The molecule has 1 aromatic carbocycles. The summed E-state index contributed by atoms with van der Waals surface area (Å²) in [6.45, 7) is 0. The number of nitrogens with one attached hydrogen (secondary N) is 1. The summed E-state index contributed by atoms with van der Waals surface area (Å²) in [6.07, 6.45) is 2.08. The second kappa shape index (κ2) is 7.68. The van der Waals surface area contributed by atoms with Crippen molar-refractivity contribution in [2.45, 2.75) is 70.0 Å². The topological polar surface area (TPSA) is 58.6 Å². The smallest absolute Gasteiger partial charge is 0.252 e. The van der Waals surface area contributed by atoms with Gasteiger partial charge in [0.25, 0.3) is 6.43 Å². The lowest BCUT2D eigenvalue weighted by molar-refractivity contribution is -0.134. The molecule has 1 amide bonds. The van der Waals surface area contributed by atoms with Crippen LogP contribution in [0.2, 0.25) is 0 Å². The first kappa shape index (κ1) is 18.1. The maximum absolute atomic E-state index is 13.4. The van der Waals surface area contributed by atoms with Crippen molar-refractivity contribution in [1.82, 2.24) is 0 Å². The molecule has 2 saturated carbocycles. The summed E-state index contributed by atoms with van der Waals surface area (Å²) in [4.78, 5) is 12.4. The van der Waals surface area contributed by atoms with Gasteiger partial charge >= 0.3 is 0 Å². The van der Waals surface area contributed by atoms with Crippen LogP contribution >= 0.6 is 0 Å². The molecule has 2 fully saturated rings. The second-order valence-electron chi connectivity index (χ2n) is 7.15. The number of alkyl halides is 2. The van der Waals surface area contributed by atoms with Gasteiger partial charge in [0.1, 0.15) is 17.3 Å².